The zero-order valence-corrected chi connectivity index (χ0v) is 17.3. The van der Waals surface area contributed by atoms with Gasteiger partial charge in [0.05, 0.1) is 11.5 Å². The zero-order valence-electron chi connectivity index (χ0n) is 17.3. The van der Waals surface area contributed by atoms with Gasteiger partial charge >= 0.3 is 0 Å². The molecule has 2 atom stereocenters. The van der Waals surface area contributed by atoms with Gasteiger partial charge in [0.2, 0.25) is 0 Å². The highest BCUT2D eigenvalue weighted by molar-refractivity contribution is 5.51. The summed E-state index contributed by atoms with van der Waals surface area (Å²) in [6, 6.07) is 18.6. The molecule has 1 heteroatoms. The highest BCUT2D eigenvalue weighted by atomic mass is 14.5. The standard InChI is InChI=1S/C26H31N/c1-17(2)19-8-6-7-9-20(19)22-15-21(22)18-10-11-23(25(3,4)5)24(14-18)26(16-27)12-13-26/h6-11,14,17,21-22H,12-13,15H2,1-5H3/t21-,22?/m0/s1. The average molecular weight is 358 g/mol. The molecule has 0 aromatic heterocycles. The van der Waals surface area contributed by atoms with Crippen LogP contribution in [0.2, 0.25) is 0 Å². The molecule has 0 heterocycles. The Kier molecular flexibility index (Phi) is 4.22. The molecule has 2 aromatic carbocycles. The average Bonchev–Trinajstić information content (AvgIpc) is 3.54. The van der Waals surface area contributed by atoms with Crippen molar-refractivity contribution in [3.63, 3.8) is 0 Å². The van der Waals surface area contributed by atoms with Crippen molar-refractivity contribution < 1.29 is 0 Å². The van der Waals surface area contributed by atoms with Gasteiger partial charge in [-0.3, -0.25) is 0 Å². The van der Waals surface area contributed by atoms with Crippen LogP contribution in [-0.2, 0) is 10.8 Å². The summed E-state index contributed by atoms with van der Waals surface area (Å²) < 4.78 is 0. The number of rotatable bonds is 4. The molecule has 140 valence electrons. The maximum absolute atomic E-state index is 9.82. The van der Waals surface area contributed by atoms with Gasteiger partial charge in [0, 0.05) is 0 Å². The fourth-order valence-electron chi connectivity index (χ4n) is 4.69. The lowest BCUT2D eigenvalue weighted by molar-refractivity contribution is 0.577. The molecule has 0 saturated heterocycles. The number of nitriles is 1. The van der Waals surface area contributed by atoms with Gasteiger partial charge in [-0.2, -0.15) is 5.26 Å². The Balaban J connectivity index is 1.69. The van der Waals surface area contributed by atoms with Crippen molar-refractivity contribution in [2.45, 2.75) is 82.5 Å². The fraction of sp³-hybridized carbons (Fsp3) is 0.500. The van der Waals surface area contributed by atoms with E-state index in [0.717, 1.165) is 12.8 Å². The molecule has 0 radical (unpaired) electrons. The first-order valence-corrected chi connectivity index (χ1v) is 10.4. The highest BCUT2D eigenvalue weighted by Gasteiger charge is 2.48. The van der Waals surface area contributed by atoms with Gasteiger partial charge in [-0.05, 0) is 70.2 Å². The molecule has 1 unspecified atom stereocenters. The lowest BCUT2D eigenvalue weighted by atomic mass is 9.78. The molecule has 1 nitrogen and oxygen atoms in total. The van der Waals surface area contributed by atoms with Gasteiger partial charge in [-0.25, -0.2) is 0 Å². The molecular weight excluding hydrogens is 326 g/mol. The topological polar surface area (TPSA) is 23.8 Å². The molecule has 0 bridgehead atoms. The van der Waals surface area contributed by atoms with Crippen LogP contribution in [0.5, 0.6) is 0 Å². The van der Waals surface area contributed by atoms with E-state index < -0.39 is 0 Å². The monoisotopic (exact) mass is 357 g/mol. The second-order valence-electron chi connectivity index (χ2n) is 9.98. The van der Waals surface area contributed by atoms with E-state index in [-0.39, 0.29) is 10.8 Å². The number of benzene rings is 2. The van der Waals surface area contributed by atoms with Crippen molar-refractivity contribution in [2.75, 3.05) is 0 Å². The molecule has 4 rings (SSSR count). The smallest absolute Gasteiger partial charge is 0.0826 e. The summed E-state index contributed by atoms with van der Waals surface area (Å²) in [4.78, 5) is 0. The largest absolute Gasteiger partial charge is 0.197 e. The van der Waals surface area contributed by atoms with Crippen LogP contribution in [0.3, 0.4) is 0 Å². The molecule has 2 aliphatic carbocycles. The Bertz CT molecular complexity index is 903. The van der Waals surface area contributed by atoms with Crippen molar-refractivity contribution >= 4 is 0 Å². The van der Waals surface area contributed by atoms with Crippen molar-refractivity contribution in [3.8, 4) is 6.07 Å². The van der Waals surface area contributed by atoms with Crippen LogP contribution in [0.4, 0.5) is 0 Å². The summed E-state index contributed by atoms with van der Waals surface area (Å²) in [5.74, 6) is 1.80. The van der Waals surface area contributed by atoms with E-state index in [9.17, 15) is 5.26 Å². The van der Waals surface area contributed by atoms with Gasteiger partial charge in [-0.1, -0.05) is 77.1 Å². The minimum Gasteiger partial charge on any atom is -0.197 e. The second kappa shape index (κ2) is 6.23. The van der Waals surface area contributed by atoms with Gasteiger partial charge in [0.1, 0.15) is 0 Å². The number of nitrogens with zero attached hydrogens (tertiary/aromatic N) is 1. The SMILES string of the molecule is CC(C)c1ccccc1C1C[C@H]1c1ccc(C(C)(C)C)c(C2(C#N)CC2)c1. The van der Waals surface area contributed by atoms with Crippen molar-refractivity contribution in [1.29, 1.82) is 5.26 Å². The molecule has 27 heavy (non-hydrogen) atoms. The van der Waals surface area contributed by atoms with Gasteiger partial charge in [-0.15, -0.1) is 0 Å². The zero-order chi connectivity index (χ0) is 19.4. The predicted octanol–water partition coefficient (Wildman–Crippen LogP) is 6.93. The van der Waals surface area contributed by atoms with Crippen LogP contribution in [0.15, 0.2) is 42.5 Å². The maximum Gasteiger partial charge on any atom is 0.0826 e. The van der Waals surface area contributed by atoms with Crippen LogP contribution in [0.1, 0.15) is 99.5 Å². The minimum absolute atomic E-state index is 0.0769. The Morgan fingerprint density at radius 3 is 2.33 bits per heavy atom. The quantitative estimate of drug-likeness (QED) is 0.582. The molecule has 0 N–H and O–H groups in total. The van der Waals surface area contributed by atoms with Crippen molar-refractivity contribution in [3.05, 3.63) is 70.3 Å². The molecule has 2 saturated carbocycles. The Morgan fingerprint density at radius 1 is 1.04 bits per heavy atom. The summed E-state index contributed by atoms with van der Waals surface area (Å²) in [7, 11) is 0. The van der Waals surface area contributed by atoms with Gasteiger partial charge < -0.3 is 0 Å². The summed E-state index contributed by atoms with van der Waals surface area (Å²) >= 11 is 0. The normalized spacial score (nSPS) is 23.1. The summed E-state index contributed by atoms with van der Waals surface area (Å²) in [5.41, 5.74) is 6.96. The number of hydrogen-bond acceptors (Lipinski definition) is 1. The van der Waals surface area contributed by atoms with Crippen LogP contribution in [0.25, 0.3) is 0 Å². The fourth-order valence-corrected chi connectivity index (χ4v) is 4.69. The van der Waals surface area contributed by atoms with E-state index in [2.05, 4.69) is 83.2 Å². The lowest BCUT2D eigenvalue weighted by Crippen LogP contribution is -2.19. The highest BCUT2D eigenvalue weighted by Crippen LogP contribution is 2.58. The summed E-state index contributed by atoms with van der Waals surface area (Å²) in [6.45, 7) is 11.4. The van der Waals surface area contributed by atoms with Crippen LogP contribution < -0.4 is 0 Å². The van der Waals surface area contributed by atoms with E-state index >= 15 is 0 Å². The van der Waals surface area contributed by atoms with Crippen molar-refractivity contribution in [2.24, 2.45) is 0 Å². The van der Waals surface area contributed by atoms with Gasteiger partial charge in [0.15, 0.2) is 0 Å². The molecule has 0 spiro atoms. The van der Waals surface area contributed by atoms with Crippen LogP contribution in [-0.4, -0.2) is 0 Å². The summed E-state index contributed by atoms with van der Waals surface area (Å²) in [5, 5.41) is 9.82. The molecule has 0 aliphatic heterocycles. The third kappa shape index (κ3) is 3.20. The van der Waals surface area contributed by atoms with E-state index in [0.29, 0.717) is 17.8 Å². The third-order valence-corrected chi connectivity index (χ3v) is 6.57. The van der Waals surface area contributed by atoms with Crippen LogP contribution in [0, 0.1) is 11.3 Å². The lowest BCUT2D eigenvalue weighted by Gasteiger charge is -2.26. The van der Waals surface area contributed by atoms with Crippen molar-refractivity contribution in [1.82, 2.24) is 0 Å². The minimum atomic E-state index is -0.223. The van der Waals surface area contributed by atoms with E-state index in [1.807, 2.05) is 0 Å². The molecule has 2 fully saturated rings. The van der Waals surface area contributed by atoms with E-state index in [1.54, 1.807) is 0 Å². The molecule has 2 aromatic rings. The van der Waals surface area contributed by atoms with E-state index in [4.69, 9.17) is 0 Å². The summed E-state index contributed by atoms with van der Waals surface area (Å²) in [6.07, 6.45) is 3.26. The molecule has 0 amide bonds. The Hall–Kier alpha value is -2.07. The third-order valence-electron chi connectivity index (χ3n) is 6.57. The van der Waals surface area contributed by atoms with Gasteiger partial charge in [0.25, 0.3) is 0 Å². The molecule has 2 aliphatic rings. The predicted molar refractivity (Wildman–Crippen MR) is 112 cm³/mol. The first-order chi connectivity index (χ1) is 12.8. The first kappa shape index (κ1) is 18.3. The second-order valence-corrected chi connectivity index (χ2v) is 9.98. The first-order valence-electron chi connectivity index (χ1n) is 10.4. The van der Waals surface area contributed by atoms with E-state index in [1.165, 1.54) is 34.2 Å². The maximum atomic E-state index is 9.82. The molecular formula is C26H31N. The Morgan fingerprint density at radius 2 is 1.74 bits per heavy atom. The van der Waals surface area contributed by atoms with Crippen LogP contribution >= 0.6 is 0 Å². The number of hydrogen-bond donors (Lipinski definition) is 0. The Labute approximate surface area is 164 Å².